The van der Waals surface area contributed by atoms with Crippen molar-refractivity contribution in [1.29, 1.82) is 0 Å². The molecule has 0 atom stereocenters. The first-order chi connectivity index (χ1) is 9.78. The molecule has 0 saturated carbocycles. The van der Waals surface area contributed by atoms with Crippen molar-refractivity contribution in [2.45, 2.75) is 10.2 Å². The number of nitrogens with two attached hydrogens (primary N) is 1. The zero-order chi connectivity index (χ0) is 13.9. The van der Waals surface area contributed by atoms with Crippen LogP contribution in [0.1, 0.15) is 5.56 Å². The lowest BCUT2D eigenvalue weighted by Gasteiger charge is -2.07. The average molecular weight is 286 g/mol. The van der Waals surface area contributed by atoms with Crippen LogP contribution in [-0.2, 0) is 0 Å². The maximum absolute atomic E-state index is 8.90. The van der Waals surface area contributed by atoms with E-state index in [0.29, 0.717) is 15.8 Å². The third-order valence-corrected chi connectivity index (χ3v) is 3.55. The topological polar surface area (TPSA) is 97.5 Å². The van der Waals surface area contributed by atoms with Gasteiger partial charge in [0, 0.05) is 5.39 Å². The van der Waals surface area contributed by atoms with Gasteiger partial charge in [-0.25, -0.2) is 9.97 Å². The maximum Gasteiger partial charge on any atom is 0.261 e. The second-order valence-corrected chi connectivity index (χ2v) is 4.86. The van der Waals surface area contributed by atoms with E-state index in [4.69, 9.17) is 15.4 Å². The second kappa shape index (κ2) is 5.22. The number of benzene rings is 1. The minimum absolute atomic E-state index is 0.00249. The Kier molecular flexibility index (Phi) is 3.26. The van der Waals surface area contributed by atoms with Gasteiger partial charge in [-0.2, -0.15) is 0 Å². The van der Waals surface area contributed by atoms with Crippen molar-refractivity contribution in [2.24, 2.45) is 10.9 Å². The van der Waals surface area contributed by atoms with Crippen LogP contribution >= 0.6 is 11.8 Å². The number of rotatable bonds is 3. The zero-order valence-electron chi connectivity index (χ0n) is 10.2. The summed E-state index contributed by atoms with van der Waals surface area (Å²) in [7, 11) is 0. The van der Waals surface area contributed by atoms with Crippen LogP contribution in [0.3, 0.4) is 0 Å². The SMILES string of the molecule is N/C(=N/O)c1cc2ccccc2nc1Sc1ncco1. The van der Waals surface area contributed by atoms with E-state index in [1.165, 1.54) is 18.0 Å². The Bertz CT molecular complexity index is 771. The molecule has 0 amide bonds. The van der Waals surface area contributed by atoms with E-state index in [0.717, 1.165) is 10.9 Å². The molecule has 0 bridgehead atoms. The minimum Gasteiger partial charge on any atom is -0.440 e. The first kappa shape index (κ1) is 12.5. The Labute approximate surface area is 118 Å². The van der Waals surface area contributed by atoms with Crippen LogP contribution in [0.5, 0.6) is 0 Å². The quantitative estimate of drug-likeness (QED) is 0.332. The average Bonchev–Trinajstić information content (AvgIpc) is 2.98. The largest absolute Gasteiger partial charge is 0.440 e. The number of hydrogen-bond donors (Lipinski definition) is 2. The van der Waals surface area contributed by atoms with Crippen LogP contribution in [0, 0.1) is 0 Å². The number of pyridine rings is 1. The molecule has 0 aliphatic carbocycles. The van der Waals surface area contributed by atoms with Gasteiger partial charge in [0.15, 0.2) is 5.84 Å². The number of fused-ring (bicyclic) bond motifs is 1. The molecule has 1 aromatic carbocycles. The summed E-state index contributed by atoms with van der Waals surface area (Å²) >= 11 is 1.22. The van der Waals surface area contributed by atoms with E-state index in [1.54, 1.807) is 6.20 Å². The number of oxime groups is 1. The van der Waals surface area contributed by atoms with Crippen LogP contribution in [0.25, 0.3) is 10.9 Å². The summed E-state index contributed by atoms with van der Waals surface area (Å²) in [6.45, 7) is 0. The summed E-state index contributed by atoms with van der Waals surface area (Å²) in [5.41, 5.74) is 7.06. The maximum atomic E-state index is 8.90. The van der Waals surface area contributed by atoms with Crippen LogP contribution in [0.15, 0.2) is 62.6 Å². The number of oxazole rings is 1. The van der Waals surface area contributed by atoms with Crippen molar-refractivity contribution in [1.82, 2.24) is 9.97 Å². The lowest BCUT2D eigenvalue weighted by molar-refractivity contribution is 0.318. The molecule has 3 aromatic rings. The summed E-state index contributed by atoms with van der Waals surface area (Å²) in [5, 5.41) is 13.9. The first-order valence-corrected chi connectivity index (χ1v) is 6.54. The molecule has 0 unspecified atom stereocenters. The number of amidine groups is 1. The van der Waals surface area contributed by atoms with Gasteiger partial charge in [-0.3, -0.25) is 0 Å². The predicted molar refractivity (Wildman–Crippen MR) is 74.9 cm³/mol. The number of hydrogen-bond acceptors (Lipinski definition) is 6. The van der Waals surface area contributed by atoms with Crippen LogP contribution < -0.4 is 5.73 Å². The fourth-order valence-corrected chi connectivity index (χ4v) is 2.56. The standard InChI is InChI=1S/C13H10N4O2S/c14-11(17-18)9-7-8-3-1-2-4-10(8)16-12(9)20-13-15-5-6-19-13/h1-7,18H,(H2,14,17). The van der Waals surface area contributed by atoms with Gasteiger partial charge in [0.05, 0.1) is 17.3 Å². The monoisotopic (exact) mass is 286 g/mol. The predicted octanol–water partition coefficient (Wildman–Crippen LogP) is 2.47. The first-order valence-electron chi connectivity index (χ1n) is 5.73. The van der Waals surface area contributed by atoms with Crippen LogP contribution in [0.2, 0.25) is 0 Å². The molecule has 2 heterocycles. The van der Waals surface area contributed by atoms with Gasteiger partial charge in [0.25, 0.3) is 5.22 Å². The Morgan fingerprint density at radius 3 is 2.95 bits per heavy atom. The molecule has 0 aliphatic rings. The molecular weight excluding hydrogens is 276 g/mol. The molecule has 0 spiro atoms. The molecule has 2 aromatic heterocycles. The fraction of sp³-hybridized carbons (Fsp3) is 0. The molecule has 20 heavy (non-hydrogen) atoms. The fourth-order valence-electron chi connectivity index (χ4n) is 1.76. The molecule has 6 nitrogen and oxygen atoms in total. The second-order valence-electron chi connectivity index (χ2n) is 3.92. The number of para-hydroxylation sites is 1. The van der Waals surface area contributed by atoms with E-state index < -0.39 is 0 Å². The van der Waals surface area contributed by atoms with Crippen molar-refractivity contribution < 1.29 is 9.62 Å². The summed E-state index contributed by atoms with van der Waals surface area (Å²) in [4.78, 5) is 8.54. The van der Waals surface area contributed by atoms with Gasteiger partial charge in [-0.15, -0.1) is 0 Å². The third-order valence-electron chi connectivity index (χ3n) is 2.67. The van der Waals surface area contributed by atoms with Gasteiger partial charge >= 0.3 is 0 Å². The molecule has 0 saturated heterocycles. The highest BCUT2D eigenvalue weighted by Gasteiger charge is 2.14. The summed E-state index contributed by atoms with van der Waals surface area (Å²) in [6, 6.07) is 9.43. The van der Waals surface area contributed by atoms with E-state index in [2.05, 4.69) is 15.1 Å². The Balaban J connectivity index is 2.16. The summed E-state index contributed by atoms with van der Waals surface area (Å²) in [5.74, 6) is -0.00249. The van der Waals surface area contributed by atoms with Crippen LogP contribution in [-0.4, -0.2) is 21.0 Å². The van der Waals surface area contributed by atoms with Gasteiger partial charge in [-0.05, 0) is 23.9 Å². The van der Waals surface area contributed by atoms with E-state index in [1.807, 2.05) is 30.3 Å². The Morgan fingerprint density at radius 1 is 1.35 bits per heavy atom. The Morgan fingerprint density at radius 2 is 2.20 bits per heavy atom. The summed E-state index contributed by atoms with van der Waals surface area (Å²) in [6.07, 6.45) is 3.03. The zero-order valence-corrected chi connectivity index (χ0v) is 11.0. The van der Waals surface area contributed by atoms with Gasteiger partial charge < -0.3 is 15.4 Å². The van der Waals surface area contributed by atoms with E-state index in [-0.39, 0.29) is 5.84 Å². The van der Waals surface area contributed by atoms with Crippen molar-refractivity contribution >= 4 is 28.5 Å². The highest BCUT2D eigenvalue weighted by molar-refractivity contribution is 7.99. The highest BCUT2D eigenvalue weighted by atomic mass is 32.2. The normalized spacial score (nSPS) is 11.9. The van der Waals surface area contributed by atoms with Gasteiger partial charge in [0.2, 0.25) is 0 Å². The molecule has 3 N–H and O–H groups in total. The van der Waals surface area contributed by atoms with Crippen molar-refractivity contribution in [3.8, 4) is 0 Å². The smallest absolute Gasteiger partial charge is 0.261 e. The molecule has 0 fully saturated rings. The molecule has 0 aliphatic heterocycles. The number of aromatic nitrogens is 2. The Hall–Kier alpha value is -2.54. The number of nitrogens with zero attached hydrogens (tertiary/aromatic N) is 3. The lowest BCUT2D eigenvalue weighted by atomic mass is 10.1. The third kappa shape index (κ3) is 2.30. The van der Waals surface area contributed by atoms with Crippen molar-refractivity contribution in [2.75, 3.05) is 0 Å². The van der Waals surface area contributed by atoms with Crippen molar-refractivity contribution in [3.63, 3.8) is 0 Å². The van der Waals surface area contributed by atoms with E-state index in [9.17, 15) is 0 Å². The van der Waals surface area contributed by atoms with E-state index >= 15 is 0 Å². The van der Waals surface area contributed by atoms with Crippen LogP contribution in [0.4, 0.5) is 0 Å². The minimum atomic E-state index is -0.00249. The molecule has 100 valence electrons. The van der Waals surface area contributed by atoms with Gasteiger partial charge in [0.1, 0.15) is 11.3 Å². The molecular formula is C13H10N4O2S. The molecule has 0 radical (unpaired) electrons. The van der Waals surface area contributed by atoms with Crippen molar-refractivity contribution in [3.05, 3.63) is 48.4 Å². The molecule has 3 rings (SSSR count). The lowest BCUT2D eigenvalue weighted by Crippen LogP contribution is -2.15. The summed E-state index contributed by atoms with van der Waals surface area (Å²) < 4.78 is 5.19. The highest BCUT2D eigenvalue weighted by Crippen LogP contribution is 2.29. The van der Waals surface area contributed by atoms with Gasteiger partial charge in [-0.1, -0.05) is 23.4 Å². The molecule has 7 heteroatoms.